The smallest absolute Gasteiger partial charge is 0.194 e. The molecule has 0 saturated carbocycles. The van der Waals surface area contributed by atoms with Crippen molar-refractivity contribution >= 4 is 46.3 Å². The largest absolute Gasteiger partial charge is 0.496 e. The van der Waals surface area contributed by atoms with Gasteiger partial charge in [-0.15, -0.1) is 35.3 Å². The number of guanidine groups is 1. The fourth-order valence-electron chi connectivity index (χ4n) is 3.41. The van der Waals surface area contributed by atoms with Crippen LogP contribution in [0.25, 0.3) is 0 Å². The van der Waals surface area contributed by atoms with Gasteiger partial charge < -0.3 is 19.9 Å². The third-order valence-electron chi connectivity index (χ3n) is 4.92. The molecule has 1 aliphatic rings. The monoisotopic (exact) mass is 514 g/mol. The second-order valence-electron chi connectivity index (χ2n) is 6.76. The van der Waals surface area contributed by atoms with Crippen molar-refractivity contribution < 1.29 is 4.74 Å². The number of anilines is 1. The van der Waals surface area contributed by atoms with E-state index in [-0.39, 0.29) is 24.0 Å². The van der Waals surface area contributed by atoms with Gasteiger partial charge >= 0.3 is 0 Å². The summed E-state index contributed by atoms with van der Waals surface area (Å²) in [5.41, 5.74) is 1.21. The number of halogens is 1. The van der Waals surface area contributed by atoms with Crippen LogP contribution in [0.4, 0.5) is 5.00 Å². The van der Waals surface area contributed by atoms with Gasteiger partial charge in [-0.05, 0) is 36.1 Å². The Labute approximate surface area is 189 Å². The molecule has 1 N–H and O–H groups in total. The third-order valence-corrected chi connectivity index (χ3v) is 5.85. The number of nitrogens with one attached hydrogen (secondary N) is 1. The molecule has 1 aromatic carbocycles. The Balaban J connectivity index is 0.00000280. The summed E-state index contributed by atoms with van der Waals surface area (Å²) in [5.74, 6) is 2.27. The second kappa shape index (κ2) is 11.5. The van der Waals surface area contributed by atoms with Crippen LogP contribution in [0.5, 0.6) is 5.75 Å². The van der Waals surface area contributed by atoms with Crippen molar-refractivity contribution in [1.82, 2.24) is 10.2 Å². The van der Waals surface area contributed by atoms with Gasteiger partial charge in [0.25, 0.3) is 0 Å². The molecule has 7 heteroatoms. The number of nitrogens with zero attached hydrogens (tertiary/aromatic N) is 3. The van der Waals surface area contributed by atoms with Crippen LogP contribution in [-0.4, -0.2) is 57.2 Å². The van der Waals surface area contributed by atoms with E-state index in [1.54, 1.807) is 7.11 Å². The summed E-state index contributed by atoms with van der Waals surface area (Å²) < 4.78 is 5.51. The maximum atomic E-state index is 5.51. The Bertz CT molecular complexity index is 730. The summed E-state index contributed by atoms with van der Waals surface area (Å²) in [7, 11) is 1.73. The highest BCUT2D eigenvalue weighted by Gasteiger charge is 2.20. The number of piperazine rings is 1. The Morgan fingerprint density at radius 3 is 2.57 bits per heavy atom. The van der Waals surface area contributed by atoms with Crippen molar-refractivity contribution in [3.05, 3.63) is 47.3 Å². The molecule has 0 radical (unpaired) electrons. The van der Waals surface area contributed by atoms with Gasteiger partial charge in [-0.2, -0.15) is 0 Å². The van der Waals surface area contributed by atoms with E-state index in [0.717, 1.165) is 51.0 Å². The maximum absolute atomic E-state index is 5.51. The molecule has 3 rings (SSSR count). The first-order valence-corrected chi connectivity index (χ1v) is 10.6. The Morgan fingerprint density at radius 1 is 1.18 bits per heavy atom. The zero-order valence-corrected chi connectivity index (χ0v) is 20.1. The molecule has 5 nitrogen and oxygen atoms in total. The SMILES string of the molecule is CCNC(=NCC(C)c1ccccc1OC)N1CCN(c2cccs2)CC1.I. The first-order valence-electron chi connectivity index (χ1n) is 9.67. The van der Waals surface area contributed by atoms with Gasteiger partial charge in [0.2, 0.25) is 0 Å². The van der Waals surface area contributed by atoms with E-state index in [1.807, 2.05) is 23.5 Å². The summed E-state index contributed by atoms with van der Waals surface area (Å²) in [6.45, 7) is 10.0. The van der Waals surface area contributed by atoms with E-state index in [4.69, 9.17) is 9.73 Å². The second-order valence-corrected chi connectivity index (χ2v) is 7.69. The number of ether oxygens (including phenoxy) is 1. The molecule has 0 spiro atoms. The topological polar surface area (TPSA) is 40.1 Å². The molecule has 1 fully saturated rings. The highest BCUT2D eigenvalue weighted by atomic mass is 127. The minimum absolute atomic E-state index is 0. The van der Waals surface area contributed by atoms with Crippen molar-refractivity contribution in [3.63, 3.8) is 0 Å². The number of rotatable bonds is 6. The molecular formula is C21H31IN4OS. The maximum Gasteiger partial charge on any atom is 0.194 e. The van der Waals surface area contributed by atoms with Gasteiger partial charge in [0, 0.05) is 45.2 Å². The molecule has 154 valence electrons. The van der Waals surface area contributed by atoms with Crippen LogP contribution in [0.2, 0.25) is 0 Å². The van der Waals surface area contributed by atoms with Crippen molar-refractivity contribution in [3.8, 4) is 5.75 Å². The van der Waals surface area contributed by atoms with Crippen molar-refractivity contribution in [2.45, 2.75) is 19.8 Å². The molecule has 0 amide bonds. The summed E-state index contributed by atoms with van der Waals surface area (Å²) in [5, 5.41) is 6.97. The van der Waals surface area contributed by atoms with Crippen LogP contribution in [0, 0.1) is 0 Å². The van der Waals surface area contributed by atoms with E-state index in [2.05, 4.69) is 58.6 Å². The fraction of sp³-hybridized carbons (Fsp3) is 0.476. The number of thiophene rings is 1. The van der Waals surface area contributed by atoms with Gasteiger partial charge in [0.05, 0.1) is 12.1 Å². The van der Waals surface area contributed by atoms with Gasteiger partial charge in [-0.3, -0.25) is 4.99 Å². The first kappa shape index (κ1) is 22.8. The lowest BCUT2D eigenvalue weighted by Crippen LogP contribution is -2.52. The molecule has 1 unspecified atom stereocenters. The molecule has 1 aromatic heterocycles. The Morgan fingerprint density at radius 2 is 1.93 bits per heavy atom. The number of aliphatic imine (C=N–C) groups is 1. The van der Waals surface area contributed by atoms with Crippen LogP contribution in [0.1, 0.15) is 25.3 Å². The molecular weight excluding hydrogens is 483 g/mol. The van der Waals surface area contributed by atoms with Crippen LogP contribution >= 0.6 is 35.3 Å². The number of para-hydroxylation sites is 1. The predicted octanol–water partition coefficient (Wildman–Crippen LogP) is 4.27. The van der Waals surface area contributed by atoms with Crippen LogP contribution in [0.3, 0.4) is 0 Å². The number of benzene rings is 1. The lowest BCUT2D eigenvalue weighted by molar-refractivity contribution is 0.373. The quantitative estimate of drug-likeness (QED) is 0.355. The molecule has 2 heterocycles. The first-order chi connectivity index (χ1) is 13.2. The normalized spacial score (nSPS) is 15.8. The number of hydrogen-bond donors (Lipinski definition) is 1. The molecule has 1 saturated heterocycles. The minimum Gasteiger partial charge on any atom is -0.496 e. The van der Waals surface area contributed by atoms with E-state index in [0.29, 0.717) is 5.92 Å². The Kier molecular flexibility index (Phi) is 9.37. The molecule has 1 atom stereocenters. The standard InChI is InChI=1S/C21H30N4OS.HI/c1-4-22-21(23-16-17(2)18-8-5-6-9-19(18)26-3)25-13-11-24(12-14-25)20-10-7-15-27-20;/h5-10,15,17H,4,11-14,16H2,1-3H3,(H,22,23);1H. The van der Waals surface area contributed by atoms with Gasteiger partial charge in [-0.1, -0.05) is 25.1 Å². The zero-order chi connectivity index (χ0) is 19.1. The van der Waals surface area contributed by atoms with Crippen LogP contribution < -0.4 is 15.0 Å². The highest BCUT2D eigenvalue weighted by Crippen LogP contribution is 2.26. The average Bonchev–Trinajstić information content (AvgIpc) is 3.26. The summed E-state index contributed by atoms with van der Waals surface area (Å²) >= 11 is 1.81. The average molecular weight is 514 g/mol. The fourth-order valence-corrected chi connectivity index (χ4v) is 4.19. The molecule has 1 aliphatic heterocycles. The number of methoxy groups -OCH3 is 1. The molecule has 2 aromatic rings. The van der Waals surface area contributed by atoms with Gasteiger partial charge in [0.1, 0.15) is 5.75 Å². The van der Waals surface area contributed by atoms with E-state index < -0.39 is 0 Å². The number of hydrogen-bond acceptors (Lipinski definition) is 4. The van der Waals surface area contributed by atoms with Gasteiger partial charge in [0.15, 0.2) is 5.96 Å². The van der Waals surface area contributed by atoms with Crippen LogP contribution in [0.15, 0.2) is 46.8 Å². The van der Waals surface area contributed by atoms with E-state index in [1.165, 1.54) is 10.6 Å². The lowest BCUT2D eigenvalue weighted by Gasteiger charge is -2.37. The lowest BCUT2D eigenvalue weighted by atomic mass is 10.0. The van der Waals surface area contributed by atoms with Crippen molar-refractivity contribution in [2.24, 2.45) is 4.99 Å². The zero-order valence-electron chi connectivity index (χ0n) is 16.9. The summed E-state index contributed by atoms with van der Waals surface area (Å²) in [6, 6.07) is 12.5. The Hall–Kier alpha value is -1.48. The van der Waals surface area contributed by atoms with Crippen LogP contribution in [-0.2, 0) is 0 Å². The minimum atomic E-state index is 0. The molecule has 0 aliphatic carbocycles. The van der Waals surface area contributed by atoms with Gasteiger partial charge in [-0.25, -0.2) is 0 Å². The molecule has 28 heavy (non-hydrogen) atoms. The third kappa shape index (κ3) is 5.76. The summed E-state index contributed by atoms with van der Waals surface area (Å²) in [6.07, 6.45) is 0. The van der Waals surface area contributed by atoms with Crippen molar-refractivity contribution in [1.29, 1.82) is 0 Å². The molecule has 0 bridgehead atoms. The highest BCUT2D eigenvalue weighted by molar-refractivity contribution is 14.0. The summed E-state index contributed by atoms with van der Waals surface area (Å²) in [4.78, 5) is 9.77. The van der Waals surface area contributed by atoms with Crippen molar-refractivity contribution in [2.75, 3.05) is 51.3 Å². The van der Waals surface area contributed by atoms with E-state index >= 15 is 0 Å². The van der Waals surface area contributed by atoms with E-state index in [9.17, 15) is 0 Å². The predicted molar refractivity (Wildman–Crippen MR) is 131 cm³/mol.